The second-order valence-corrected chi connectivity index (χ2v) is 6.93. The monoisotopic (exact) mass is 368 g/mol. The standard InChI is InChI=1S/C20H24N4O3/c1-3-11-24-19(25)16-18(22-17(21-16)13-7-4-5-8-13)23-20(24)27-15-10-6-9-14(12-15)26-2/h6,9-10,12-13H,3-5,7-8,11H2,1-2H3,(H,21,22). The van der Waals surface area contributed by atoms with E-state index >= 15 is 0 Å². The van der Waals surface area contributed by atoms with E-state index in [4.69, 9.17) is 9.47 Å². The van der Waals surface area contributed by atoms with E-state index in [1.807, 2.05) is 25.1 Å². The fraction of sp³-hybridized carbons (Fsp3) is 0.450. The Kier molecular flexibility index (Phi) is 4.83. The molecule has 2 heterocycles. The first-order chi connectivity index (χ1) is 13.2. The van der Waals surface area contributed by atoms with E-state index in [1.54, 1.807) is 17.7 Å². The molecule has 0 unspecified atom stereocenters. The molecule has 4 rings (SSSR count). The smallest absolute Gasteiger partial charge is 0.306 e. The van der Waals surface area contributed by atoms with Gasteiger partial charge in [0.25, 0.3) is 5.56 Å². The lowest BCUT2D eigenvalue weighted by Gasteiger charge is -2.12. The molecule has 27 heavy (non-hydrogen) atoms. The minimum absolute atomic E-state index is 0.142. The van der Waals surface area contributed by atoms with Gasteiger partial charge in [0.15, 0.2) is 11.2 Å². The van der Waals surface area contributed by atoms with Crippen LogP contribution in [0.2, 0.25) is 0 Å². The van der Waals surface area contributed by atoms with Crippen LogP contribution in [-0.4, -0.2) is 26.6 Å². The third kappa shape index (κ3) is 3.41. The van der Waals surface area contributed by atoms with Crippen molar-refractivity contribution in [2.45, 2.75) is 51.5 Å². The zero-order valence-corrected chi connectivity index (χ0v) is 15.7. The Morgan fingerprint density at radius 2 is 2.00 bits per heavy atom. The van der Waals surface area contributed by atoms with Crippen LogP contribution in [-0.2, 0) is 6.54 Å². The highest BCUT2D eigenvalue weighted by Crippen LogP contribution is 2.33. The van der Waals surface area contributed by atoms with Crippen molar-refractivity contribution in [2.75, 3.05) is 7.11 Å². The molecule has 0 atom stereocenters. The summed E-state index contributed by atoms with van der Waals surface area (Å²) in [5.41, 5.74) is 0.743. The quantitative estimate of drug-likeness (QED) is 0.711. The summed E-state index contributed by atoms with van der Waals surface area (Å²) in [6.07, 6.45) is 5.43. The molecule has 1 aliphatic carbocycles. The second-order valence-electron chi connectivity index (χ2n) is 6.93. The Morgan fingerprint density at radius 3 is 2.74 bits per heavy atom. The largest absolute Gasteiger partial charge is 0.497 e. The molecule has 0 saturated heterocycles. The van der Waals surface area contributed by atoms with E-state index in [0.29, 0.717) is 35.1 Å². The van der Waals surface area contributed by atoms with E-state index in [-0.39, 0.29) is 11.6 Å². The van der Waals surface area contributed by atoms with E-state index < -0.39 is 0 Å². The lowest BCUT2D eigenvalue weighted by Crippen LogP contribution is -2.23. The SMILES string of the molecule is CCCn1c(Oc2cccc(OC)c2)nc2nc(C3CCCC3)[nH]c2c1=O. The minimum atomic E-state index is -0.142. The van der Waals surface area contributed by atoms with Crippen molar-refractivity contribution in [1.29, 1.82) is 0 Å². The topological polar surface area (TPSA) is 82.0 Å². The maximum atomic E-state index is 13.0. The average Bonchev–Trinajstić information content (AvgIpc) is 3.34. The summed E-state index contributed by atoms with van der Waals surface area (Å²) in [4.78, 5) is 25.4. The number of hydrogen-bond donors (Lipinski definition) is 1. The van der Waals surface area contributed by atoms with Crippen LogP contribution in [0.1, 0.15) is 50.8 Å². The van der Waals surface area contributed by atoms with Gasteiger partial charge in [-0.1, -0.05) is 25.8 Å². The molecule has 1 saturated carbocycles. The third-order valence-electron chi connectivity index (χ3n) is 5.03. The Hall–Kier alpha value is -2.83. The lowest BCUT2D eigenvalue weighted by atomic mass is 10.1. The van der Waals surface area contributed by atoms with Crippen LogP contribution in [0.15, 0.2) is 29.1 Å². The molecule has 2 aromatic heterocycles. The van der Waals surface area contributed by atoms with Crippen LogP contribution in [0.4, 0.5) is 0 Å². The predicted molar refractivity (Wildman–Crippen MR) is 103 cm³/mol. The van der Waals surface area contributed by atoms with Crippen molar-refractivity contribution >= 4 is 11.2 Å². The lowest BCUT2D eigenvalue weighted by molar-refractivity contribution is 0.387. The van der Waals surface area contributed by atoms with Crippen molar-refractivity contribution in [3.05, 3.63) is 40.4 Å². The van der Waals surface area contributed by atoms with Gasteiger partial charge in [0.1, 0.15) is 17.3 Å². The highest BCUT2D eigenvalue weighted by molar-refractivity contribution is 5.70. The number of nitrogens with zero attached hydrogens (tertiary/aromatic N) is 3. The first kappa shape index (κ1) is 17.6. The molecular formula is C20H24N4O3. The molecular weight excluding hydrogens is 344 g/mol. The predicted octanol–water partition coefficient (Wildman–Crippen LogP) is 3.99. The van der Waals surface area contributed by atoms with E-state index in [2.05, 4.69) is 15.0 Å². The number of aromatic amines is 1. The van der Waals surface area contributed by atoms with E-state index in [9.17, 15) is 4.79 Å². The zero-order valence-electron chi connectivity index (χ0n) is 15.7. The molecule has 142 valence electrons. The molecule has 0 radical (unpaired) electrons. The highest BCUT2D eigenvalue weighted by Gasteiger charge is 2.23. The summed E-state index contributed by atoms with van der Waals surface area (Å²) in [6.45, 7) is 2.54. The number of ether oxygens (including phenoxy) is 2. The number of benzene rings is 1. The maximum absolute atomic E-state index is 13.0. The highest BCUT2D eigenvalue weighted by atomic mass is 16.5. The van der Waals surface area contributed by atoms with Crippen molar-refractivity contribution in [3.8, 4) is 17.5 Å². The third-order valence-corrected chi connectivity index (χ3v) is 5.03. The van der Waals surface area contributed by atoms with Gasteiger partial charge in [-0.05, 0) is 31.4 Å². The van der Waals surface area contributed by atoms with Crippen LogP contribution < -0.4 is 15.0 Å². The van der Waals surface area contributed by atoms with Crippen LogP contribution >= 0.6 is 0 Å². The molecule has 1 aromatic carbocycles. The molecule has 0 amide bonds. The van der Waals surface area contributed by atoms with Gasteiger partial charge in [-0.25, -0.2) is 4.98 Å². The van der Waals surface area contributed by atoms with Gasteiger partial charge < -0.3 is 14.5 Å². The van der Waals surface area contributed by atoms with Gasteiger partial charge in [0.05, 0.1) is 7.11 Å². The van der Waals surface area contributed by atoms with Crippen molar-refractivity contribution in [3.63, 3.8) is 0 Å². The van der Waals surface area contributed by atoms with Gasteiger partial charge in [0, 0.05) is 18.5 Å². The fourth-order valence-corrected chi connectivity index (χ4v) is 3.65. The normalized spacial score (nSPS) is 14.7. The Labute approximate surface area is 157 Å². The van der Waals surface area contributed by atoms with Crippen molar-refractivity contribution in [1.82, 2.24) is 19.5 Å². The number of aromatic nitrogens is 4. The van der Waals surface area contributed by atoms with Crippen molar-refractivity contribution < 1.29 is 9.47 Å². The zero-order chi connectivity index (χ0) is 18.8. The van der Waals surface area contributed by atoms with E-state index in [1.165, 1.54) is 12.8 Å². The molecule has 0 aliphatic heterocycles. The number of methoxy groups -OCH3 is 1. The van der Waals surface area contributed by atoms with Gasteiger partial charge in [-0.2, -0.15) is 4.98 Å². The first-order valence-electron chi connectivity index (χ1n) is 9.52. The van der Waals surface area contributed by atoms with Gasteiger partial charge in [0.2, 0.25) is 0 Å². The molecule has 1 aliphatic rings. The van der Waals surface area contributed by atoms with Crippen LogP contribution in [0.5, 0.6) is 17.5 Å². The number of nitrogens with one attached hydrogen (secondary N) is 1. The number of fused-ring (bicyclic) bond motifs is 1. The molecule has 1 fully saturated rings. The molecule has 0 spiro atoms. The first-order valence-corrected chi connectivity index (χ1v) is 9.52. The summed E-state index contributed by atoms with van der Waals surface area (Å²) in [5, 5.41) is 0. The van der Waals surface area contributed by atoms with Crippen LogP contribution in [0.25, 0.3) is 11.2 Å². The average molecular weight is 368 g/mol. The molecule has 3 aromatic rings. The molecule has 0 bridgehead atoms. The van der Waals surface area contributed by atoms with Crippen LogP contribution in [0, 0.1) is 0 Å². The number of H-pyrrole nitrogens is 1. The van der Waals surface area contributed by atoms with Gasteiger partial charge in [-0.15, -0.1) is 0 Å². The summed E-state index contributed by atoms with van der Waals surface area (Å²) >= 11 is 0. The maximum Gasteiger partial charge on any atom is 0.306 e. The molecule has 7 nitrogen and oxygen atoms in total. The summed E-state index contributed by atoms with van der Waals surface area (Å²) in [5.74, 6) is 2.51. The fourth-order valence-electron chi connectivity index (χ4n) is 3.65. The van der Waals surface area contributed by atoms with Crippen LogP contribution in [0.3, 0.4) is 0 Å². The summed E-state index contributed by atoms with van der Waals surface area (Å²) < 4.78 is 12.8. The summed E-state index contributed by atoms with van der Waals surface area (Å²) in [7, 11) is 1.60. The molecule has 7 heteroatoms. The Morgan fingerprint density at radius 1 is 1.22 bits per heavy atom. The number of imidazole rings is 1. The van der Waals surface area contributed by atoms with Crippen molar-refractivity contribution in [2.24, 2.45) is 0 Å². The van der Waals surface area contributed by atoms with Gasteiger partial charge in [-0.3, -0.25) is 9.36 Å². The minimum Gasteiger partial charge on any atom is -0.497 e. The summed E-state index contributed by atoms with van der Waals surface area (Å²) in [6, 6.07) is 7.50. The van der Waals surface area contributed by atoms with Gasteiger partial charge >= 0.3 is 6.01 Å². The second kappa shape index (κ2) is 7.42. The molecule has 1 N–H and O–H groups in total. The van der Waals surface area contributed by atoms with E-state index in [0.717, 1.165) is 25.1 Å². The Balaban J connectivity index is 1.77. The number of rotatable bonds is 6. The Bertz CT molecular complexity index is 1000. The number of hydrogen-bond acceptors (Lipinski definition) is 5.